The van der Waals surface area contributed by atoms with Gasteiger partial charge in [-0.15, -0.1) is 10.2 Å². The summed E-state index contributed by atoms with van der Waals surface area (Å²) in [4.78, 5) is 0. The molecule has 2 rings (SSSR count). The molecule has 0 aliphatic carbocycles. The molecule has 1 aliphatic heterocycles. The van der Waals surface area contributed by atoms with E-state index in [-0.39, 0.29) is 6.04 Å². The molecule has 0 bridgehead atoms. The van der Waals surface area contributed by atoms with Gasteiger partial charge in [-0.2, -0.15) is 5.10 Å². The minimum Gasteiger partial charge on any atom is -0.321 e. The van der Waals surface area contributed by atoms with Gasteiger partial charge in [0.15, 0.2) is 11.6 Å². The quantitative estimate of drug-likeness (QED) is 0.559. The van der Waals surface area contributed by atoms with Crippen molar-refractivity contribution in [3.8, 4) is 0 Å². The van der Waals surface area contributed by atoms with Crippen LogP contribution in [0.25, 0.3) is 0 Å². The third-order valence-corrected chi connectivity index (χ3v) is 1.71. The van der Waals surface area contributed by atoms with Crippen LogP contribution < -0.4 is 5.73 Å². The molecule has 1 atom stereocenters. The first-order valence-electron chi connectivity index (χ1n) is 3.49. The first-order valence-corrected chi connectivity index (χ1v) is 3.49. The lowest BCUT2D eigenvalue weighted by molar-refractivity contribution is 0.617. The molecule has 5 nitrogen and oxygen atoms in total. The van der Waals surface area contributed by atoms with E-state index in [1.54, 1.807) is 10.9 Å². The van der Waals surface area contributed by atoms with E-state index in [2.05, 4.69) is 15.3 Å². The van der Waals surface area contributed by atoms with Crippen LogP contribution in [0.15, 0.2) is 5.10 Å². The summed E-state index contributed by atoms with van der Waals surface area (Å²) >= 11 is 0. The van der Waals surface area contributed by atoms with Gasteiger partial charge in [0.1, 0.15) is 0 Å². The molecule has 0 saturated heterocycles. The first-order chi connectivity index (χ1) is 5.29. The summed E-state index contributed by atoms with van der Waals surface area (Å²) in [5.74, 6) is 1.54. The Morgan fingerprint density at radius 2 is 2.45 bits per heavy atom. The van der Waals surface area contributed by atoms with Gasteiger partial charge in [-0.1, -0.05) is 0 Å². The van der Waals surface area contributed by atoms with E-state index in [1.165, 1.54) is 0 Å². The molecule has 0 amide bonds. The number of hydrogen-bond acceptors (Lipinski definition) is 4. The zero-order chi connectivity index (χ0) is 7.84. The number of rotatable bonds is 0. The highest BCUT2D eigenvalue weighted by Crippen LogP contribution is 2.15. The zero-order valence-electron chi connectivity index (χ0n) is 6.23. The van der Waals surface area contributed by atoms with Crippen molar-refractivity contribution >= 4 is 6.21 Å². The van der Waals surface area contributed by atoms with E-state index in [0.717, 1.165) is 18.1 Å². The van der Waals surface area contributed by atoms with E-state index in [0.29, 0.717) is 0 Å². The molecule has 0 aromatic carbocycles. The van der Waals surface area contributed by atoms with Crippen LogP contribution in [0.3, 0.4) is 0 Å². The van der Waals surface area contributed by atoms with E-state index < -0.39 is 0 Å². The van der Waals surface area contributed by atoms with Crippen LogP contribution in [-0.4, -0.2) is 21.1 Å². The highest BCUT2D eigenvalue weighted by atomic mass is 15.5. The van der Waals surface area contributed by atoms with Gasteiger partial charge in [0.25, 0.3) is 0 Å². The Bertz CT molecular complexity index is 300. The van der Waals surface area contributed by atoms with Crippen molar-refractivity contribution in [1.82, 2.24) is 14.9 Å². The fraction of sp³-hybridized carbons (Fsp3) is 0.500. The number of aryl methyl sites for hydroxylation is 1. The average molecular weight is 151 g/mol. The maximum absolute atomic E-state index is 5.75. The van der Waals surface area contributed by atoms with Crippen LogP contribution in [-0.2, 0) is 0 Å². The van der Waals surface area contributed by atoms with E-state index in [4.69, 9.17) is 5.73 Å². The molecule has 0 saturated carbocycles. The van der Waals surface area contributed by atoms with Gasteiger partial charge in [-0.05, 0) is 6.92 Å². The lowest BCUT2D eigenvalue weighted by atomic mass is 10.2. The summed E-state index contributed by atoms with van der Waals surface area (Å²) in [6.07, 6.45) is 2.53. The second kappa shape index (κ2) is 2.13. The number of fused-ring (bicyclic) bond motifs is 1. The van der Waals surface area contributed by atoms with Crippen molar-refractivity contribution in [2.24, 2.45) is 10.8 Å². The normalized spacial score (nSPS) is 21.8. The number of hydrogen-bond donors (Lipinski definition) is 1. The van der Waals surface area contributed by atoms with Gasteiger partial charge in [0.05, 0.1) is 6.04 Å². The average Bonchev–Trinajstić information content (AvgIpc) is 2.35. The molecule has 58 valence electrons. The Labute approximate surface area is 63.9 Å². The molecule has 0 fully saturated rings. The fourth-order valence-corrected chi connectivity index (χ4v) is 1.10. The molecule has 0 radical (unpaired) electrons. The minimum absolute atomic E-state index is 0.0475. The molecule has 1 unspecified atom stereocenters. The molecule has 1 aromatic rings. The molecule has 11 heavy (non-hydrogen) atoms. The van der Waals surface area contributed by atoms with E-state index in [1.807, 2.05) is 6.92 Å². The van der Waals surface area contributed by atoms with Gasteiger partial charge in [0, 0.05) is 12.6 Å². The lowest BCUT2D eigenvalue weighted by Crippen LogP contribution is -2.19. The largest absolute Gasteiger partial charge is 0.321 e. The summed E-state index contributed by atoms with van der Waals surface area (Å²) in [5.41, 5.74) is 5.75. The third kappa shape index (κ3) is 0.848. The Kier molecular flexibility index (Phi) is 1.25. The van der Waals surface area contributed by atoms with Crippen LogP contribution in [0.2, 0.25) is 0 Å². The van der Waals surface area contributed by atoms with Crippen LogP contribution >= 0.6 is 0 Å². The molecule has 1 aromatic heterocycles. The first kappa shape index (κ1) is 6.48. The van der Waals surface area contributed by atoms with Gasteiger partial charge in [-0.25, -0.2) is 4.68 Å². The van der Waals surface area contributed by atoms with Gasteiger partial charge < -0.3 is 5.73 Å². The monoisotopic (exact) mass is 151 g/mol. The summed E-state index contributed by atoms with van der Waals surface area (Å²) < 4.78 is 1.67. The fourth-order valence-electron chi connectivity index (χ4n) is 1.10. The predicted molar refractivity (Wildman–Crippen MR) is 40.2 cm³/mol. The summed E-state index contributed by atoms with van der Waals surface area (Å²) in [5, 5.41) is 11.9. The molecule has 2 heterocycles. The molecule has 0 spiro atoms. The summed E-state index contributed by atoms with van der Waals surface area (Å²) in [7, 11) is 0. The van der Waals surface area contributed by atoms with Crippen molar-refractivity contribution in [2.45, 2.75) is 19.4 Å². The highest BCUT2D eigenvalue weighted by Gasteiger charge is 2.17. The zero-order valence-corrected chi connectivity index (χ0v) is 6.23. The predicted octanol–water partition coefficient (Wildman–Crippen LogP) is -0.176. The van der Waals surface area contributed by atoms with E-state index >= 15 is 0 Å². The standard InChI is InChI=1S/C6H9N5/c1-4-9-10-6-5(7)2-3-8-11(4)6/h3,5H,2,7H2,1H3. The van der Waals surface area contributed by atoms with Crippen molar-refractivity contribution < 1.29 is 0 Å². The van der Waals surface area contributed by atoms with Crippen LogP contribution in [0, 0.1) is 6.92 Å². The Morgan fingerprint density at radius 1 is 1.64 bits per heavy atom. The number of nitrogens with two attached hydrogens (primary N) is 1. The molecule has 1 aliphatic rings. The van der Waals surface area contributed by atoms with Crippen LogP contribution in [0.4, 0.5) is 0 Å². The lowest BCUT2D eigenvalue weighted by Gasteiger charge is -2.12. The van der Waals surface area contributed by atoms with Crippen molar-refractivity contribution in [2.75, 3.05) is 0 Å². The van der Waals surface area contributed by atoms with Crippen molar-refractivity contribution in [3.05, 3.63) is 11.6 Å². The summed E-state index contributed by atoms with van der Waals surface area (Å²) in [6, 6.07) is -0.0475. The maximum Gasteiger partial charge on any atom is 0.171 e. The molecular weight excluding hydrogens is 142 g/mol. The van der Waals surface area contributed by atoms with Gasteiger partial charge in [-0.3, -0.25) is 0 Å². The Hall–Kier alpha value is -1.23. The minimum atomic E-state index is -0.0475. The number of aromatic nitrogens is 3. The Morgan fingerprint density at radius 3 is 3.18 bits per heavy atom. The SMILES string of the molecule is Cc1nnc2n1N=CCC2N. The number of nitrogens with zero attached hydrogens (tertiary/aromatic N) is 4. The highest BCUT2D eigenvalue weighted by molar-refractivity contribution is 5.59. The molecule has 5 heteroatoms. The van der Waals surface area contributed by atoms with E-state index in [9.17, 15) is 0 Å². The maximum atomic E-state index is 5.75. The molecule has 2 N–H and O–H groups in total. The molecular formula is C6H9N5. The second-order valence-electron chi connectivity index (χ2n) is 2.56. The topological polar surface area (TPSA) is 69.1 Å². The van der Waals surface area contributed by atoms with Gasteiger partial charge >= 0.3 is 0 Å². The summed E-state index contributed by atoms with van der Waals surface area (Å²) in [6.45, 7) is 1.85. The second-order valence-corrected chi connectivity index (χ2v) is 2.56. The van der Waals surface area contributed by atoms with Crippen LogP contribution in [0.5, 0.6) is 0 Å². The Balaban J connectivity index is 2.57. The van der Waals surface area contributed by atoms with Crippen molar-refractivity contribution in [3.63, 3.8) is 0 Å². The van der Waals surface area contributed by atoms with Crippen LogP contribution in [0.1, 0.15) is 24.1 Å². The van der Waals surface area contributed by atoms with Crippen molar-refractivity contribution in [1.29, 1.82) is 0 Å². The smallest absolute Gasteiger partial charge is 0.171 e. The van der Waals surface area contributed by atoms with Gasteiger partial charge in [0.2, 0.25) is 0 Å². The third-order valence-electron chi connectivity index (χ3n) is 1.71.